The molecule has 0 heterocycles. The lowest BCUT2D eigenvalue weighted by Crippen LogP contribution is -2.39. The van der Waals surface area contributed by atoms with Crippen molar-refractivity contribution in [3.63, 3.8) is 0 Å². The average molecular weight is 285 g/mol. The molecule has 0 spiro atoms. The fourth-order valence-corrected chi connectivity index (χ4v) is 2.45. The minimum Gasteiger partial charge on any atom is -0.395 e. The molecule has 2 atom stereocenters. The monoisotopic (exact) mass is 285 g/mol. The molecule has 21 heavy (non-hydrogen) atoms. The van der Waals surface area contributed by atoms with Crippen LogP contribution in [-0.4, -0.2) is 31.5 Å². The summed E-state index contributed by atoms with van der Waals surface area (Å²) in [4.78, 5) is 0. The van der Waals surface area contributed by atoms with Gasteiger partial charge in [0, 0.05) is 13.2 Å². The van der Waals surface area contributed by atoms with Crippen LogP contribution in [-0.2, 0) is 11.2 Å². The Kier molecular flexibility index (Phi) is 6.41. The van der Waals surface area contributed by atoms with Crippen LogP contribution in [0.2, 0.25) is 0 Å². The van der Waals surface area contributed by atoms with E-state index in [-0.39, 0.29) is 18.7 Å². The number of benzene rings is 2. The molecule has 0 aliphatic rings. The van der Waals surface area contributed by atoms with Crippen molar-refractivity contribution in [3.05, 3.63) is 71.8 Å². The Morgan fingerprint density at radius 3 is 2.19 bits per heavy atom. The molecule has 2 unspecified atom stereocenters. The molecule has 0 aliphatic carbocycles. The second-order valence-electron chi connectivity index (χ2n) is 5.15. The normalized spacial score (nSPS) is 13.8. The van der Waals surface area contributed by atoms with Gasteiger partial charge in [0.05, 0.1) is 19.3 Å². The zero-order chi connectivity index (χ0) is 14.9. The maximum atomic E-state index is 9.65. The van der Waals surface area contributed by atoms with Crippen molar-refractivity contribution in [1.29, 1.82) is 0 Å². The van der Waals surface area contributed by atoms with Crippen LogP contribution in [0.1, 0.15) is 17.2 Å². The number of hydrogen-bond acceptors (Lipinski definition) is 3. The van der Waals surface area contributed by atoms with E-state index >= 15 is 0 Å². The SMILES string of the molecule is COCC(NC(CO)Cc1ccccc1)c1ccccc1. The highest BCUT2D eigenvalue weighted by molar-refractivity contribution is 5.20. The number of aliphatic hydroxyl groups is 1. The molecular formula is C18H23NO2. The summed E-state index contributed by atoms with van der Waals surface area (Å²) in [7, 11) is 1.70. The van der Waals surface area contributed by atoms with Gasteiger partial charge in [-0.05, 0) is 17.5 Å². The lowest BCUT2D eigenvalue weighted by Gasteiger charge is -2.24. The molecule has 0 saturated heterocycles. The van der Waals surface area contributed by atoms with Crippen molar-refractivity contribution < 1.29 is 9.84 Å². The predicted octanol–water partition coefficient (Wildman–Crippen LogP) is 2.57. The molecule has 2 aromatic rings. The first-order chi connectivity index (χ1) is 10.3. The Labute approximate surface area is 126 Å². The van der Waals surface area contributed by atoms with Crippen molar-refractivity contribution in [2.45, 2.75) is 18.5 Å². The third-order valence-electron chi connectivity index (χ3n) is 3.52. The first-order valence-electron chi connectivity index (χ1n) is 7.28. The highest BCUT2D eigenvalue weighted by Gasteiger charge is 2.16. The summed E-state index contributed by atoms with van der Waals surface area (Å²) in [6.07, 6.45) is 0.796. The summed E-state index contributed by atoms with van der Waals surface area (Å²) in [5.74, 6) is 0. The fraction of sp³-hybridized carbons (Fsp3) is 0.333. The molecule has 0 bridgehead atoms. The molecule has 3 nitrogen and oxygen atoms in total. The quantitative estimate of drug-likeness (QED) is 0.783. The van der Waals surface area contributed by atoms with Crippen molar-refractivity contribution in [1.82, 2.24) is 5.32 Å². The molecule has 2 N–H and O–H groups in total. The van der Waals surface area contributed by atoms with Crippen molar-refractivity contribution in [3.8, 4) is 0 Å². The highest BCUT2D eigenvalue weighted by Crippen LogP contribution is 2.15. The highest BCUT2D eigenvalue weighted by atomic mass is 16.5. The predicted molar refractivity (Wildman–Crippen MR) is 85.2 cm³/mol. The van der Waals surface area contributed by atoms with E-state index in [4.69, 9.17) is 4.74 Å². The summed E-state index contributed by atoms with van der Waals surface area (Å²) in [6.45, 7) is 0.678. The van der Waals surface area contributed by atoms with E-state index in [1.807, 2.05) is 36.4 Å². The summed E-state index contributed by atoms with van der Waals surface area (Å²) in [5.41, 5.74) is 2.39. The van der Waals surface area contributed by atoms with Gasteiger partial charge in [0.2, 0.25) is 0 Å². The first-order valence-corrected chi connectivity index (χ1v) is 7.28. The molecule has 2 rings (SSSR count). The zero-order valence-corrected chi connectivity index (χ0v) is 12.4. The van der Waals surface area contributed by atoms with Gasteiger partial charge in [-0.15, -0.1) is 0 Å². The smallest absolute Gasteiger partial charge is 0.0657 e. The lowest BCUT2D eigenvalue weighted by molar-refractivity contribution is 0.148. The van der Waals surface area contributed by atoms with Gasteiger partial charge in [-0.1, -0.05) is 60.7 Å². The second kappa shape index (κ2) is 8.57. The maximum absolute atomic E-state index is 9.65. The number of methoxy groups -OCH3 is 1. The standard InChI is InChI=1S/C18H23NO2/c1-21-14-18(16-10-6-3-7-11-16)19-17(13-20)12-15-8-4-2-5-9-15/h2-11,17-20H,12-14H2,1H3. The number of nitrogens with one attached hydrogen (secondary N) is 1. The van der Waals surface area contributed by atoms with Gasteiger partial charge < -0.3 is 15.2 Å². The van der Waals surface area contributed by atoms with Crippen molar-refractivity contribution in [2.75, 3.05) is 20.3 Å². The number of aliphatic hydroxyl groups excluding tert-OH is 1. The van der Waals surface area contributed by atoms with E-state index in [1.54, 1.807) is 7.11 Å². The zero-order valence-electron chi connectivity index (χ0n) is 12.4. The van der Waals surface area contributed by atoms with Gasteiger partial charge in [0.1, 0.15) is 0 Å². The van der Waals surface area contributed by atoms with Crippen LogP contribution in [0, 0.1) is 0 Å². The van der Waals surface area contributed by atoms with Gasteiger partial charge >= 0.3 is 0 Å². The molecule has 0 amide bonds. The van der Waals surface area contributed by atoms with Gasteiger partial charge in [-0.2, -0.15) is 0 Å². The van der Waals surface area contributed by atoms with Crippen LogP contribution in [0.5, 0.6) is 0 Å². The van der Waals surface area contributed by atoms with Crippen LogP contribution >= 0.6 is 0 Å². The molecule has 0 aromatic heterocycles. The number of ether oxygens (including phenoxy) is 1. The Morgan fingerprint density at radius 1 is 1.00 bits per heavy atom. The van der Waals surface area contributed by atoms with E-state index in [0.717, 1.165) is 6.42 Å². The van der Waals surface area contributed by atoms with Crippen LogP contribution in [0.3, 0.4) is 0 Å². The number of hydrogen-bond donors (Lipinski definition) is 2. The third kappa shape index (κ3) is 4.97. The Morgan fingerprint density at radius 2 is 1.62 bits per heavy atom. The minimum atomic E-state index is 0.00718. The second-order valence-corrected chi connectivity index (χ2v) is 5.15. The van der Waals surface area contributed by atoms with Gasteiger partial charge in [0.25, 0.3) is 0 Å². The molecule has 112 valence electrons. The van der Waals surface area contributed by atoms with Gasteiger partial charge in [-0.3, -0.25) is 0 Å². The van der Waals surface area contributed by atoms with E-state index < -0.39 is 0 Å². The van der Waals surface area contributed by atoms with Crippen LogP contribution in [0.4, 0.5) is 0 Å². The largest absolute Gasteiger partial charge is 0.395 e. The first kappa shape index (κ1) is 15.7. The Bertz CT molecular complexity index is 501. The van der Waals surface area contributed by atoms with Gasteiger partial charge in [0.15, 0.2) is 0 Å². The molecule has 2 aromatic carbocycles. The van der Waals surface area contributed by atoms with E-state index in [0.29, 0.717) is 6.61 Å². The molecular weight excluding hydrogens is 262 g/mol. The molecule has 0 radical (unpaired) electrons. The van der Waals surface area contributed by atoms with Crippen molar-refractivity contribution >= 4 is 0 Å². The van der Waals surface area contributed by atoms with Crippen LogP contribution in [0.15, 0.2) is 60.7 Å². The molecule has 0 saturated carbocycles. The summed E-state index contributed by atoms with van der Waals surface area (Å²) < 4.78 is 5.31. The van der Waals surface area contributed by atoms with Gasteiger partial charge in [-0.25, -0.2) is 0 Å². The maximum Gasteiger partial charge on any atom is 0.0657 e. The summed E-state index contributed by atoms with van der Waals surface area (Å²) in [5, 5.41) is 13.1. The minimum absolute atomic E-state index is 0.00718. The Hall–Kier alpha value is -1.68. The van der Waals surface area contributed by atoms with E-state index in [9.17, 15) is 5.11 Å². The van der Waals surface area contributed by atoms with E-state index in [1.165, 1.54) is 11.1 Å². The lowest BCUT2D eigenvalue weighted by atomic mass is 10.0. The van der Waals surface area contributed by atoms with Crippen molar-refractivity contribution in [2.24, 2.45) is 0 Å². The topological polar surface area (TPSA) is 41.5 Å². The average Bonchev–Trinajstić information content (AvgIpc) is 2.55. The summed E-state index contributed by atoms with van der Waals surface area (Å²) in [6, 6.07) is 20.5. The number of rotatable bonds is 8. The van der Waals surface area contributed by atoms with Crippen LogP contribution < -0.4 is 5.32 Å². The van der Waals surface area contributed by atoms with E-state index in [2.05, 4.69) is 29.6 Å². The Balaban J connectivity index is 2.03. The molecule has 3 heteroatoms. The molecule has 0 fully saturated rings. The summed E-state index contributed by atoms with van der Waals surface area (Å²) >= 11 is 0. The van der Waals surface area contributed by atoms with Crippen LogP contribution in [0.25, 0.3) is 0 Å². The fourth-order valence-electron chi connectivity index (χ4n) is 2.45. The third-order valence-corrected chi connectivity index (χ3v) is 3.52. The molecule has 0 aliphatic heterocycles.